The quantitative estimate of drug-likeness (QED) is 0.669. The lowest BCUT2D eigenvalue weighted by Gasteiger charge is -2.19. The summed E-state index contributed by atoms with van der Waals surface area (Å²) >= 11 is 0. The lowest BCUT2D eigenvalue weighted by Crippen LogP contribution is -2.27. The Morgan fingerprint density at radius 1 is 1.21 bits per heavy atom. The Morgan fingerprint density at radius 2 is 2.07 bits per heavy atom. The van der Waals surface area contributed by atoms with Crippen LogP contribution in [0.5, 0.6) is 0 Å². The summed E-state index contributed by atoms with van der Waals surface area (Å²) in [7, 11) is 0. The van der Waals surface area contributed by atoms with E-state index in [-0.39, 0.29) is 11.8 Å². The average molecular weight is 391 g/mol. The zero-order valence-corrected chi connectivity index (χ0v) is 16.4. The normalized spacial score (nSPS) is 16.8. The zero-order chi connectivity index (χ0) is 20.1. The number of Topliss-reactive ketones (excluding diaryl/α,β-unsaturated/α-hetero) is 1. The van der Waals surface area contributed by atoms with Gasteiger partial charge in [0.1, 0.15) is 5.78 Å². The second kappa shape index (κ2) is 8.94. The summed E-state index contributed by atoms with van der Waals surface area (Å²) in [6.45, 7) is 0.526. The van der Waals surface area contributed by atoms with Crippen LogP contribution in [0.1, 0.15) is 44.2 Å². The molecule has 1 aliphatic carbocycles. The van der Waals surface area contributed by atoms with Crippen LogP contribution in [0.25, 0.3) is 16.9 Å². The van der Waals surface area contributed by atoms with Crippen LogP contribution in [-0.4, -0.2) is 37.8 Å². The second-order valence-electron chi connectivity index (χ2n) is 7.53. The Kier molecular flexibility index (Phi) is 5.93. The van der Waals surface area contributed by atoms with Crippen LogP contribution >= 0.6 is 0 Å². The maximum Gasteiger partial charge on any atom is 0.220 e. The van der Waals surface area contributed by atoms with Crippen molar-refractivity contribution in [1.82, 2.24) is 24.9 Å². The minimum Gasteiger partial charge on any atom is -0.356 e. The van der Waals surface area contributed by atoms with Crippen molar-refractivity contribution in [3.8, 4) is 11.3 Å². The average Bonchev–Trinajstić information content (AvgIpc) is 3.16. The molecule has 0 spiro atoms. The molecule has 1 amide bonds. The summed E-state index contributed by atoms with van der Waals surface area (Å²) in [6, 6.07) is 7.71. The van der Waals surface area contributed by atoms with Crippen molar-refractivity contribution in [2.45, 2.75) is 44.9 Å². The number of hydrogen-bond donors (Lipinski definition) is 1. The Morgan fingerprint density at radius 3 is 2.90 bits per heavy atom. The first-order chi connectivity index (χ1) is 14.2. The predicted octanol–water partition coefficient (Wildman–Crippen LogP) is 2.99. The molecule has 3 aromatic heterocycles. The van der Waals surface area contributed by atoms with Crippen molar-refractivity contribution in [2.75, 3.05) is 6.54 Å². The summed E-state index contributed by atoms with van der Waals surface area (Å²) in [5.41, 5.74) is 3.54. The highest BCUT2D eigenvalue weighted by Gasteiger charge is 2.22. The fourth-order valence-corrected chi connectivity index (χ4v) is 3.82. The molecule has 0 bridgehead atoms. The van der Waals surface area contributed by atoms with Gasteiger partial charge >= 0.3 is 0 Å². The first-order valence-electron chi connectivity index (χ1n) is 10.2. The van der Waals surface area contributed by atoms with Gasteiger partial charge in [-0.05, 0) is 37.5 Å². The van der Waals surface area contributed by atoms with Crippen LogP contribution < -0.4 is 5.32 Å². The van der Waals surface area contributed by atoms with E-state index in [0.29, 0.717) is 38.0 Å². The number of nitrogens with one attached hydrogen (secondary N) is 1. The molecule has 1 atom stereocenters. The Hall–Kier alpha value is -3.09. The number of amides is 1. The third kappa shape index (κ3) is 4.85. The molecule has 150 valence electrons. The van der Waals surface area contributed by atoms with Crippen LogP contribution in [0.4, 0.5) is 0 Å². The molecule has 1 N–H and O–H groups in total. The molecule has 7 heteroatoms. The van der Waals surface area contributed by atoms with Crippen LogP contribution in [0, 0.1) is 5.92 Å². The fraction of sp³-hybridized carbons (Fsp3) is 0.409. The van der Waals surface area contributed by atoms with Gasteiger partial charge in [-0.25, -0.2) is 9.50 Å². The second-order valence-corrected chi connectivity index (χ2v) is 7.53. The van der Waals surface area contributed by atoms with E-state index in [4.69, 9.17) is 0 Å². The standard InChI is InChI=1S/C22H25N5O2/c28-20-4-2-1-3-17(20)5-6-22(29)24-13-9-18-15-21-25-19(10-14-27(21)26-18)16-7-11-23-12-8-16/h7-8,10-12,14-15,17H,1-6,9,13H2,(H,24,29). The molecule has 1 unspecified atom stereocenters. The van der Waals surface area contributed by atoms with Gasteiger partial charge in [-0.3, -0.25) is 14.6 Å². The molecular weight excluding hydrogens is 366 g/mol. The van der Waals surface area contributed by atoms with E-state index in [9.17, 15) is 9.59 Å². The van der Waals surface area contributed by atoms with Gasteiger partial charge in [0.05, 0.1) is 11.4 Å². The third-order valence-corrected chi connectivity index (χ3v) is 5.46. The van der Waals surface area contributed by atoms with E-state index < -0.39 is 0 Å². The number of ketones is 1. The molecule has 3 aromatic rings. The van der Waals surface area contributed by atoms with Crippen LogP contribution in [-0.2, 0) is 16.0 Å². The number of carbonyl (C=O) groups is 2. The first-order valence-corrected chi connectivity index (χ1v) is 10.2. The third-order valence-electron chi connectivity index (χ3n) is 5.46. The Balaban J connectivity index is 1.28. The topological polar surface area (TPSA) is 89.2 Å². The van der Waals surface area contributed by atoms with E-state index in [1.54, 1.807) is 16.9 Å². The number of nitrogens with zero attached hydrogens (tertiary/aromatic N) is 4. The highest BCUT2D eigenvalue weighted by Crippen LogP contribution is 2.24. The van der Waals surface area contributed by atoms with Crippen molar-refractivity contribution in [2.24, 2.45) is 5.92 Å². The molecule has 1 fully saturated rings. The molecule has 4 rings (SSSR count). The van der Waals surface area contributed by atoms with Crippen molar-refractivity contribution in [3.63, 3.8) is 0 Å². The first kappa shape index (κ1) is 19.2. The van der Waals surface area contributed by atoms with E-state index in [1.807, 2.05) is 30.5 Å². The van der Waals surface area contributed by atoms with Gasteiger partial charge < -0.3 is 5.32 Å². The van der Waals surface area contributed by atoms with Crippen LogP contribution in [0.3, 0.4) is 0 Å². The summed E-state index contributed by atoms with van der Waals surface area (Å²) in [5, 5.41) is 7.46. The summed E-state index contributed by atoms with van der Waals surface area (Å²) < 4.78 is 1.75. The molecule has 0 aromatic carbocycles. The molecule has 3 heterocycles. The number of hydrogen-bond acceptors (Lipinski definition) is 5. The number of rotatable bonds is 7. The maximum absolute atomic E-state index is 12.1. The minimum absolute atomic E-state index is 0.00485. The van der Waals surface area contributed by atoms with Gasteiger partial charge in [-0.1, -0.05) is 6.42 Å². The Bertz CT molecular complexity index is 999. The van der Waals surface area contributed by atoms with E-state index >= 15 is 0 Å². The summed E-state index contributed by atoms with van der Waals surface area (Å²) in [4.78, 5) is 32.6. The molecule has 0 aliphatic heterocycles. The lowest BCUT2D eigenvalue weighted by molar-refractivity contribution is -0.125. The van der Waals surface area contributed by atoms with Crippen molar-refractivity contribution >= 4 is 17.3 Å². The van der Waals surface area contributed by atoms with Crippen LogP contribution in [0.15, 0.2) is 42.9 Å². The van der Waals surface area contributed by atoms with Gasteiger partial charge in [0.2, 0.25) is 5.91 Å². The van der Waals surface area contributed by atoms with Crippen molar-refractivity contribution in [1.29, 1.82) is 0 Å². The SMILES string of the molecule is O=C(CCC1CCCCC1=O)NCCc1cc2nc(-c3ccncc3)ccn2n1. The summed E-state index contributed by atoms with van der Waals surface area (Å²) in [5.74, 6) is 0.409. The van der Waals surface area contributed by atoms with E-state index in [2.05, 4.69) is 20.4 Å². The van der Waals surface area contributed by atoms with Gasteiger partial charge in [0.15, 0.2) is 5.65 Å². The number of carbonyl (C=O) groups excluding carboxylic acids is 2. The van der Waals surface area contributed by atoms with Gasteiger partial charge in [-0.15, -0.1) is 0 Å². The molecule has 0 radical (unpaired) electrons. The molecule has 0 saturated heterocycles. The molecule has 1 aliphatic rings. The van der Waals surface area contributed by atoms with E-state index in [0.717, 1.165) is 41.9 Å². The molecule has 29 heavy (non-hydrogen) atoms. The minimum atomic E-state index is 0.00485. The molecular formula is C22H25N5O2. The monoisotopic (exact) mass is 391 g/mol. The largest absolute Gasteiger partial charge is 0.356 e. The van der Waals surface area contributed by atoms with E-state index in [1.165, 1.54) is 0 Å². The number of fused-ring (bicyclic) bond motifs is 1. The fourth-order valence-electron chi connectivity index (χ4n) is 3.82. The van der Waals surface area contributed by atoms with Gasteiger partial charge in [0, 0.05) is 61.9 Å². The molecule has 7 nitrogen and oxygen atoms in total. The lowest BCUT2D eigenvalue weighted by atomic mass is 9.85. The highest BCUT2D eigenvalue weighted by molar-refractivity contribution is 5.82. The number of pyridine rings is 1. The zero-order valence-electron chi connectivity index (χ0n) is 16.4. The van der Waals surface area contributed by atoms with Crippen molar-refractivity contribution < 1.29 is 9.59 Å². The summed E-state index contributed by atoms with van der Waals surface area (Å²) in [6.07, 6.45) is 10.8. The van der Waals surface area contributed by atoms with Gasteiger partial charge in [-0.2, -0.15) is 5.10 Å². The smallest absolute Gasteiger partial charge is 0.220 e. The van der Waals surface area contributed by atoms with Crippen LogP contribution in [0.2, 0.25) is 0 Å². The van der Waals surface area contributed by atoms with Crippen molar-refractivity contribution in [3.05, 3.63) is 48.5 Å². The Labute approximate surface area is 169 Å². The maximum atomic E-state index is 12.1. The number of aromatic nitrogens is 4. The van der Waals surface area contributed by atoms with Gasteiger partial charge in [0.25, 0.3) is 0 Å². The highest BCUT2D eigenvalue weighted by atomic mass is 16.1. The molecule has 1 saturated carbocycles. The predicted molar refractivity (Wildman–Crippen MR) is 109 cm³/mol.